The fourth-order valence-electron chi connectivity index (χ4n) is 3.53. The number of imidazole rings is 1. The summed E-state index contributed by atoms with van der Waals surface area (Å²) in [5.41, 5.74) is 9.39. The van der Waals surface area contributed by atoms with Crippen molar-refractivity contribution >= 4 is 22.6 Å². The fourth-order valence-corrected chi connectivity index (χ4v) is 3.70. The maximum atomic E-state index is 6.10. The molecule has 3 N–H and O–H groups in total. The molecule has 1 saturated heterocycles. The van der Waals surface area contributed by atoms with Gasteiger partial charge in [0.2, 0.25) is 5.75 Å². The minimum Gasteiger partial charge on any atom is -0.493 e. The summed E-state index contributed by atoms with van der Waals surface area (Å²) in [4.78, 5) is 8.14. The number of aromatic amines is 1. The van der Waals surface area contributed by atoms with E-state index in [-0.39, 0.29) is 12.0 Å². The van der Waals surface area contributed by atoms with Crippen molar-refractivity contribution in [3.05, 3.63) is 46.7 Å². The summed E-state index contributed by atoms with van der Waals surface area (Å²) in [6.07, 6.45) is 0. The van der Waals surface area contributed by atoms with Gasteiger partial charge in [0.1, 0.15) is 5.82 Å². The van der Waals surface area contributed by atoms with E-state index < -0.39 is 0 Å². The van der Waals surface area contributed by atoms with E-state index in [1.807, 2.05) is 30.3 Å². The van der Waals surface area contributed by atoms with Crippen molar-refractivity contribution in [1.82, 2.24) is 20.8 Å². The third-order valence-corrected chi connectivity index (χ3v) is 5.08. The monoisotopic (exact) mass is 388 g/mol. The Bertz CT molecular complexity index is 950. The molecule has 27 heavy (non-hydrogen) atoms. The first-order valence-corrected chi connectivity index (χ1v) is 8.96. The first-order chi connectivity index (χ1) is 13.1. The van der Waals surface area contributed by atoms with E-state index in [4.69, 9.17) is 30.8 Å². The van der Waals surface area contributed by atoms with E-state index >= 15 is 0 Å². The average Bonchev–Trinajstić information content (AvgIpc) is 3.32. The Hall–Kier alpha value is -2.48. The molecule has 0 bridgehead atoms. The lowest BCUT2D eigenvalue weighted by molar-refractivity contribution is 0.323. The maximum Gasteiger partial charge on any atom is 0.203 e. The van der Waals surface area contributed by atoms with Gasteiger partial charge in [0.25, 0.3) is 0 Å². The summed E-state index contributed by atoms with van der Waals surface area (Å²) in [7, 11) is 4.82. The highest BCUT2D eigenvalue weighted by Gasteiger charge is 2.33. The van der Waals surface area contributed by atoms with Gasteiger partial charge >= 0.3 is 0 Å². The second kappa shape index (κ2) is 7.26. The number of hydrazine groups is 1. The molecule has 0 radical (unpaired) electrons. The highest BCUT2D eigenvalue weighted by molar-refractivity contribution is 6.31. The molecular formula is C19H21ClN4O3. The van der Waals surface area contributed by atoms with Gasteiger partial charge in [-0.25, -0.2) is 10.4 Å². The largest absolute Gasteiger partial charge is 0.493 e. The SMILES string of the molecule is COc1cc(C2NNCC2c2nc3ccc(Cl)cc3[nH]2)cc(OC)c1OC. The number of nitrogens with zero attached hydrogens (tertiary/aromatic N) is 1. The van der Waals surface area contributed by atoms with Gasteiger partial charge in [-0.2, -0.15) is 0 Å². The zero-order valence-corrected chi connectivity index (χ0v) is 16.1. The van der Waals surface area contributed by atoms with Gasteiger partial charge < -0.3 is 19.2 Å². The molecule has 0 aliphatic carbocycles. The summed E-state index contributed by atoms with van der Waals surface area (Å²) < 4.78 is 16.4. The second-order valence-electron chi connectivity index (χ2n) is 6.35. The molecule has 0 spiro atoms. The van der Waals surface area contributed by atoms with Crippen molar-refractivity contribution < 1.29 is 14.2 Å². The molecule has 1 aliphatic heterocycles. The van der Waals surface area contributed by atoms with Gasteiger partial charge in [-0.1, -0.05) is 11.6 Å². The van der Waals surface area contributed by atoms with Crippen LogP contribution < -0.4 is 25.1 Å². The molecule has 3 aromatic rings. The van der Waals surface area contributed by atoms with Crippen molar-refractivity contribution in [1.29, 1.82) is 0 Å². The van der Waals surface area contributed by atoms with Crippen LogP contribution in [0.5, 0.6) is 17.2 Å². The van der Waals surface area contributed by atoms with Crippen LogP contribution >= 0.6 is 11.6 Å². The number of aromatic nitrogens is 2. The molecule has 1 aliphatic rings. The van der Waals surface area contributed by atoms with E-state index in [0.29, 0.717) is 22.3 Å². The zero-order valence-electron chi connectivity index (χ0n) is 15.3. The quantitative estimate of drug-likeness (QED) is 0.623. The lowest BCUT2D eigenvalue weighted by atomic mass is 9.93. The zero-order chi connectivity index (χ0) is 19.0. The van der Waals surface area contributed by atoms with Crippen LogP contribution in [-0.2, 0) is 0 Å². The minimum absolute atomic E-state index is 0.0188. The molecule has 0 saturated carbocycles. The van der Waals surface area contributed by atoms with Crippen LogP contribution in [0.15, 0.2) is 30.3 Å². The number of halogens is 1. The van der Waals surface area contributed by atoms with Crippen molar-refractivity contribution in [2.75, 3.05) is 27.9 Å². The van der Waals surface area contributed by atoms with Crippen LogP contribution in [0.3, 0.4) is 0 Å². The molecule has 2 unspecified atom stereocenters. The Kier molecular flexibility index (Phi) is 4.82. The van der Waals surface area contributed by atoms with E-state index in [9.17, 15) is 0 Å². The standard InChI is InChI=1S/C19H21ClN4O3/c1-25-15-6-10(7-16(26-2)18(15)27-3)17-12(9-21-24-17)19-22-13-5-4-11(20)8-14(13)23-19/h4-8,12,17,21,24H,9H2,1-3H3,(H,22,23). The van der Waals surface area contributed by atoms with Gasteiger partial charge in [0.15, 0.2) is 11.5 Å². The molecule has 0 amide bonds. The van der Waals surface area contributed by atoms with Crippen LogP contribution in [0.2, 0.25) is 5.02 Å². The molecule has 1 fully saturated rings. The van der Waals surface area contributed by atoms with Crippen molar-refractivity contribution in [3.63, 3.8) is 0 Å². The van der Waals surface area contributed by atoms with Crippen molar-refractivity contribution in [2.45, 2.75) is 12.0 Å². The molecule has 7 nitrogen and oxygen atoms in total. The first-order valence-electron chi connectivity index (χ1n) is 8.58. The summed E-state index contributed by atoms with van der Waals surface area (Å²) in [6, 6.07) is 9.54. The number of fused-ring (bicyclic) bond motifs is 1. The Morgan fingerprint density at radius 3 is 2.44 bits per heavy atom. The molecule has 2 atom stereocenters. The maximum absolute atomic E-state index is 6.10. The summed E-state index contributed by atoms with van der Waals surface area (Å²) in [5.74, 6) is 2.80. The predicted octanol–water partition coefficient (Wildman–Crippen LogP) is 3.17. The molecule has 1 aromatic heterocycles. The lowest BCUT2D eigenvalue weighted by Crippen LogP contribution is -2.25. The molecule has 8 heteroatoms. The number of benzene rings is 2. The number of nitrogens with one attached hydrogen (secondary N) is 3. The van der Waals surface area contributed by atoms with Gasteiger partial charge in [0, 0.05) is 11.6 Å². The molecule has 4 rings (SSSR count). The van der Waals surface area contributed by atoms with E-state index in [1.54, 1.807) is 21.3 Å². The molecule has 142 valence electrons. The smallest absolute Gasteiger partial charge is 0.203 e. The second-order valence-corrected chi connectivity index (χ2v) is 6.79. The lowest BCUT2D eigenvalue weighted by Gasteiger charge is -2.20. The third kappa shape index (κ3) is 3.18. The molecule has 2 aromatic carbocycles. The Balaban J connectivity index is 1.74. The summed E-state index contributed by atoms with van der Waals surface area (Å²) >= 11 is 6.10. The highest BCUT2D eigenvalue weighted by atomic mass is 35.5. The van der Waals surface area contributed by atoms with Crippen LogP contribution in [0.1, 0.15) is 23.3 Å². The van der Waals surface area contributed by atoms with Crippen LogP contribution in [0, 0.1) is 0 Å². The van der Waals surface area contributed by atoms with Crippen LogP contribution in [0.4, 0.5) is 0 Å². The van der Waals surface area contributed by atoms with Gasteiger partial charge in [0.05, 0.1) is 44.3 Å². The normalized spacial score (nSPS) is 19.4. The summed E-state index contributed by atoms with van der Waals surface area (Å²) in [5, 5.41) is 0.682. The first kappa shape index (κ1) is 17.9. The van der Waals surface area contributed by atoms with Crippen molar-refractivity contribution in [3.8, 4) is 17.2 Å². The number of H-pyrrole nitrogens is 1. The summed E-state index contributed by atoms with van der Waals surface area (Å²) in [6.45, 7) is 0.731. The van der Waals surface area contributed by atoms with Gasteiger partial charge in [-0.15, -0.1) is 0 Å². The van der Waals surface area contributed by atoms with E-state index in [0.717, 1.165) is 29.0 Å². The average molecular weight is 389 g/mol. The van der Waals surface area contributed by atoms with Gasteiger partial charge in [-0.3, -0.25) is 5.43 Å². The predicted molar refractivity (Wildman–Crippen MR) is 104 cm³/mol. The number of hydrogen-bond donors (Lipinski definition) is 3. The van der Waals surface area contributed by atoms with Crippen LogP contribution in [0.25, 0.3) is 11.0 Å². The van der Waals surface area contributed by atoms with Gasteiger partial charge in [-0.05, 0) is 35.9 Å². The van der Waals surface area contributed by atoms with Crippen LogP contribution in [-0.4, -0.2) is 37.8 Å². The van der Waals surface area contributed by atoms with E-state index in [2.05, 4.69) is 15.8 Å². The Labute approximate surface area is 161 Å². The molecule has 2 heterocycles. The van der Waals surface area contributed by atoms with Crippen molar-refractivity contribution in [2.24, 2.45) is 0 Å². The Morgan fingerprint density at radius 2 is 1.78 bits per heavy atom. The number of hydrogen-bond acceptors (Lipinski definition) is 6. The number of rotatable bonds is 5. The topological polar surface area (TPSA) is 80.4 Å². The van der Waals surface area contributed by atoms with E-state index in [1.165, 1.54) is 0 Å². The highest BCUT2D eigenvalue weighted by Crippen LogP contribution is 2.42. The Morgan fingerprint density at radius 1 is 1.04 bits per heavy atom. The minimum atomic E-state index is -0.0188. The molecular weight excluding hydrogens is 368 g/mol. The number of ether oxygens (including phenoxy) is 3. The third-order valence-electron chi connectivity index (χ3n) is 4.84. The number of methoxy groups -OCH3 is 3. The fraction of sp³-hybridized carbons (Fsp3) is 0.316.